The third kappa shape index (κ3) is 1.79. The molecule has 0 aliphatic rings. The summed E-state index contributed by atoms with van der Waals surface area (Å²) in [6.45, 7) is 1.61. The number of aryl methyl sites for hydroxylation is 1. The third-order valence-electron chi connectivity index (χ3n) is 1.86. The molecule has 0 saturated carbocycles. The molecule has 0 aromatic carbocycles. The molecular weight excluding hydrogens is 190 g/mol. The first-order valence-electron chi connectivity index (χ1n) is 3.90. The Labute approximate surface area is 79.6 Å². The van der Waals surface area contributed by atoms with Crippen LogP contribution in [0.15, 0.2) is 6.20 Å². The van der Waals surface area contributed by atoms with Gasteiger partial charge in [-0.3, -0.25) is 4.98 Å². The summed E-state index contributed by atoms with van der Waals surface area (Å²) in [6, 6.07) is 1.80. The van der Waals surface area contributed by atoms with E-state index in [1.807, 2.05) is 0 Å². The van der Waals surface area contributed by atoms with Crippen LogP contribution in [0.25, 0.3) is 0 Å². The lowest BCUT2D eigenvalue weighted by molar-refractivity contribution is 0.141. The van der Waals surface area contributed by atoms with Gasteiger partial charge < -0.3 is 5.11 Å². The zero-order valence-corrected chi connectivity index (χ0v) is 7.46. The van der Waals surface area contributed by atoms with Gasteiger partial charge in [-0.15, -0.1) is 0 Å². The average molecular weight is 198 g/mol. The van der Waals surface area contributed by atoms with Crippen molar-refractivity contribution >= 4 is 0 Å². The summed E-state index contributed by atoms with van der Waals surface area (Å²) in [5, 5.41) is 17.8. The standard InChI is InChI=1S/C9H8F2N2O/c1-5-4-13-7(9(10)11)8(14)6(5)2-3-12/h4,9,14H,2H2,1H3. The molecule has 0 atom stereocenters. The summed E-state index contributed by atoms with van der Waals surface area (Å²) < 4.78 is 24.5. The minimum absolute atomic E-state index is 0.0973. The third-order valence-corrected chi connectivity index (χ3v) is 1.86. The molecule has 3 nitrogen and oxygen atoms in total. The van der Waals surface area contributed by atoms with Gasteiger partial charge in [-0.25, -0.2) is 8.78 Å². The van der Waals surface area contributed by atoms with Gasteiger partial charge in [0.25, 0.3) is 6.43 Å². The highest BCUT2D eigenvalue weighted by atomic mass is 19.3. The fourth-order valence-electron chi connectivity index (χ4n) is 1.11. The molecule has 0 fully saturated rings. The van der Waals surface area contributed by atoms with Gasteiger partial charge in [-0.1, -0.05) is 0 Å². The van der Waals surface area contributed by atoms with Crippen molar-refractivity contribution in [3.63, 3.8) is 0 Å². The Hall–Kier alpha value is -1.70. The van der Waals surface area contributed by atoms with E-state index < -0.39 is 17.9 Å². The topological polar surface area (TPSA) is 56.9 Å². The molecule has 1 aromatic heterocycles. The Kier molecular flexibility index (Phi) is 2.97. The van der Waals surface area contributed by atoms with Crippen LogP contribution in [-0.4, -0.2) is 10.1 Å². The summed E-state index contributed by atoms with van der Waals surface area (Å²) in [7, 11) is 0. The van der Waals surface area contributed by atoms with Crippen molar-refractivity contribution in [2.45, 2.75) is 19.8 Å². The van der Waals surface area contributed by atoms with Crippen molar-refractivity contribution in [3.05, 3.63) is 23.0 Å². The van der Waals surface area contributed by atoms with Gasteiger partial charge in [-0.2, -0.15) is 5.26 Å². The van der Waals surface area contributed by atoms with Crippen LogP contribution in [-0.2, 0) is 6.42 Å². The zero-order chi connectivity index (χ0) is 10.7. The van der Waals surface area contributed by atoms with Gasteiger partial charge >= 0.3 is 0 Å². The molecule has 0 radical (unpaired) electrons. The molecule has 0 bridgehead atoms. The lowest BCUT2D eigenvalue weighted by Gasteiger charge is -2.08. The fourth-order valence-corrected chi connectivity index (χ4v) is 1.11. The van der Waals surface area contributed by atoms with E-state index in [-0.39, 0.29) is 12.0 Å². The molecule has 0 spiro atoms. The van der Waals surface area contributed by atoms with Crippen molar-refractivity contribution in [2.75, 3.05) is 0 Å². The highest BCUT2D eigenvalue weighted by Gasteiger charge is 2.18. The number of hydrogen-bond acceptors (Lipinski definition) is 3. The Morgan fingerprint density at radius 2 is 2.29 bits per heavy atom. The van der Waals surface area contributed by atoms with Crippen LogP contribution in [0.5, 0.6) is 5.75 Å². The van der Waals surface area contributed by atoms with Crippen LogP contribution >= 0.6 is 0 Å². The van der Waals surface area contributed by atoms with Crippen LogP contribution in [0.4, 0.5) is 8.78 Å². The maximum absolute atomic E-state index is 12.3. The Bertz CT molecular complexity index is 385. The van der Waals surface area contributed by atoms with E-state index >= 15 is 0 Å². The molecule has 0 amide bonds. The van der Waals surface area contributed by atoms with Gasteiger partial charge in [0.05, 0.1) is 12.5 Å². The van der Waals surface area contributed by atoms with Crippen LogP contribution in [0, 0.1) is 18.3 Å². The maximum atomic E-state index is 12.3. The van der Waals surface area contributed by atoms with Gasteiger partial charge in [0.15, 0.2) is 0 Å². The highest BCUT2D eigenvalue weighted by molar-refractivity contribution is 5.42. The number of rotatable bonds is 2. The lowest BCUT2D eigenvalue weighted by atomic mass is 10.1. The largest absolute Gasteiger partial charge is 0.505 e. The molecule has 14 heavy (non-hydrogen) atoms. The molecule has 0 unspecified atom stereocenters. The van der Waals surface area contributed by atoms with Crippen molar-refractivity contribution in [1.82, 2.24) is 4.98 Å². The predicted molar refractivity (Wildman–Crippen MR) is 44.9 cm³/mol. The fraction of sp³-hybridized carbons (Fsp3) is 0.333. The molecule has 0 aliphatic heterocycles. The second kappa shape index (κ2) is 4.01. The summed E-state index contributed by atoms with van der Waals surface area (Å²) in [5.74, 6) is -0.568. The monoisotopic (exact) mass is 198 g/mol. The first-order chi connectivity index (χ1) is 6.57. The lowest BCUT2D eigenvalue weighted by Crippen LogP contribution is -1.97. The van der Waals surface area contributed by atoms with E-state index in [0.717, 1.165) is 0 Å². The van der Waals surface area contributed by atoms with E-state index in [2.05, 4.69) is 4.98 Å². The highest BCUT2D eigenvalue weighted by Crippen LogP contribution is 2.30. The first kappa shape index (κ1) is 10.4. The molecule has 1 heterocycles. The van der Waals surface area contributed by atoms with Crippen molar-refractivity contribution < 1.29 is 13.9 Å². The number of alkyl halides is 2. The minimum Gasteiger partial charge on any atom is -0.505 e. The Morgan fingerprint density at radius 3 is 2.79 bits per heavy atom. The molecule has 0 saturated heterocycles. The molecule has 1 aromatic rings. The first-order valence-corrected chi connectivity index (χ1v) is 3.90. The SMILES string of the molecule is Cc1cnc(C(F)F)c(O)c1CC#N. The Morgan fingerprint density at radius 1 is 1.64 bits per heavy atom. The van der Waals surface area contributed by atoms with Crippen LogP contribution in [0.3, 0.4) is 0 Å². The molecule has 1 N–H and O–H groups in total. The number of pyridine rings is 1. The number of nitrogens with zero attached hydrogens (tertiary/aromatic N) is 2. The van der Waals surface area contributed by atoms with E-state index in [0.29, 0.717) is 5.56 Å². The van der Waals surface area contributed by atoms with Gasteiger partial charge in [0.2, 0.25) is 0 Å². The van der Waals surface area contributed by atoms with Crippen molar-refractivity contribution in [1.29, 1.82) is 5.26 Å². The van der Waals surface area contributed by atoms with E-state index in [1.54, 1.807) is 13.0 Å². The van der Waals surface area contributed by atoms with Crippen molar-refractivity contribution in [2.24, 2.45) is 0 Å². The molecule has 5 heteroatoms. The number of nitriles is 1. The summed E-state index contributed by atoms with van der Waals surface area (Å²) >= 11 is 0. The van der Waals surface area contributed by atoms with Gasteiger partial charge in [0.1, 0.15) is 11.4 Å². The van der Waals surface area contributed by atoms with E-state index in [9.17, 15) is 13.9 Å². The quantitative estimate of drug-likeness (QED) is 0.791. The molecule has 74 valence electrons. The molecular formula is C9H8F2N2O. The van der Waals surface area contributed by atoms with Gasteiger partial charge in [-0.05, 0) is 12.5 Å². The van der Waals surface area contributed by atoms with Crippen LogP contribution in [0.1, 0.15) is 23.2 Å². The van der Waals surface area contributed by atoms with Crippen molar-refractivity contribution in [3.8, 4) is 11.8 Å². The van der Waals surface area contributed by atoms with Crippen LogP contribution in [0.2, 0.25) is 0 Å². The second-order valence-electron chi connectivity index (χ2n) is 2.79. The number of aromatic nitrogens is 1. The number of hydrogen-bond donors (Lipinski definition) is 1. The Balaban J connectivity index is 3.27. The average Bonchev–Trinajstić information content (AvgIpc) is 2.11. The zero-order valence-electron chi connectivity index (χ0n) is 7.46. The molecule has 1 rings (SSSR count). The smallest absolute Gasteiger partial charge is 0.284 e. The second-order valence-corrected chi connectivity index (χ2v) is 2.79. The normalized spacial score (nSPS) is 10.2. The predicted octanol–water partition coefficient (Wildman–Crippen LogP) is 2.10. The minimum atomic E-state index is -2.83. The van der Waals surface area contributed by atoms with E-state index in [4.69, 9.17) is 5.26 Å². The summed E-state index contributed by atoms with van der Waals surface area (Å²) in [5.41, 5.74) is 0.0899. The van der Waals surface area contributed by atoms with Crippen LogP contribution < -0.4 is 0 Å². The maximum Gasteiger partial charge on any atom is 0.284 e. The van der Waals surface area contributed by atoms with Gasteiger partial charge in [0, 0.05) is 11.8 Å². The summed E-state index contributed by atoms with van der Waals surface area (Å²) in [4.78, 5) is 3.41. The number of aromatic hydroxyl groups is 1. The molecule has 0 aliphatic carbocycles. The van der Waals surface area contributed by atoms with E-state index in [1.165, 1.54) is 6.20 Å². The number of halogens is 2. The summed E-state index contributed by atoms with van der Waals surface area (Å²) in [6.07, 6.45) is -1.69.